The Morgan fingerprint density at radius 3 is 2.21 bits per heavy atom. The van der Waals surface area contributed by atoms with Crippen LogP contribution in [0.3, 0.4) is 0 Å². The Morgan fingerprint density at radius 1 is 1.16 bits per heavy atom. The van der Waals surface area contributed by atoms with Crippen LogP contribution in [-0.4, -0.2) is 18.8 Å². The van der Waals surface area contributed by atoms with Crippen LogP contribution in [0.25, 0.3) is 0 Å². The lowest BCUT2D eigenvalue weighted by Crippen LogP contribution is -2.41. The normalized spacial score (nSPS) is 14.3. The minimum atomic E-state index is -5.56. The van der Waals surface area contributed by atoms with Crippen molar-refractivity contribution in [2.24, 2.45) is 0 Å². The zero-order valence-corrected chi connectivity index (χ0v) is 9.60. The highest BCUT2D eigenvalue weighted by Gasteiger charge is 2.50. The molecule has 1 aromatic rings. The van der Waals surface area contributed by atoms with Crippen LogP contribution in [0.5, 0.6) is 5.75 Å². The number of rotatable bonds is 4. The highest BCUT2D eigenvalue weighted by molar-refractivity contribution is 6.33. The van der Waals surface area contributed by atoms with Crippen molar-refractivity contribution in [3.8, 4) is 5.75 Å². The van der Waals surface area contributed by atoms with Gasteiger partial charge in [-0.25, -0.2) is 9.13 Å². The van der Waals surface area contributed by atoms with Gasteiger partial charge >= 0.3 is 18.8 Å². The fourth-order valence-corrected chi connectivity index (χ4v) is 1.13. The number of benzene rings is 1. The van der Waals surface area contributed by atoms with E-state index in [0.29, 0.717) is 0 Å². The third-order valence-corrected chi connectivity index (χ3v) is 2.05. The van der Waals surface area contributed by atoms with Gasteiger partial charge in [-0.15, -0.1) is 13.2 Å². The molecule has 0 aliphatic rings. The van der Waals surface area contributed by atoms with Crippen molar-refractivity contribution in [2.75, 3.05) is 5.73 Å². The van der Waals surface area contributed by atoms with Gasteiger partial charge in [-0.2, -0.15) is 8.78 Å². The van der Waals surface area contributed by atoms with E-state index in [1.54, 1.807) is 0 Å². The molecule has 2 N–H and O–H groups in total. The van der Waals surface area contributed by atoms with Gasteiger partial charge in [-0.3, -0.25) is 0 Å². The van der Waals surface area contributed by atoms with Crippen molar-refractivity contribution in [2.45, 2.75) is 18.8 Å². The Hall–Kier alpha value is -1.35. The number of halogens is 7. The van der Waals surface area contributed by atoms with Crippen LogP contribution in [0.4, 0.5) is 32.0 Å². The molecular formula is C9H6ClF6NO2. The van der Waals surface area contributed by atoms with E-state index in [2.05, 4.69) is 9.47 Å². The Kier molecular flexibility index (Phi) is 4.41. The van der Waals surface area contributed by atoms with Crippen LogP contribution in [0, 0.1) is 0 Å². The molecule has 1 rings (SSSR count). The van der Waals surface area contributed by atoms with E-state index >= 15 is 0 Å². The number of alkyl halides is 6. The van der Waals surface area contributed by atoms with Crippen molar-refractivity contribution in [1.29, 1.82) is 0 Å². The summed E-state index contributed by atoms with van der Waals surface area (Å²) in [5.74, 6) is -0.669. The lowest BCUT2D eigenvalue weighted by atomic mass is 10.3. The van der Waals surface area contributed by atoms with Gasteiger partial charge in [0.15, 0.2) is 0 Å². The summed E-state index contributed by atoms with van der Waals surface area (Å²) in [4.78, 5) is 0. The first-order chi connectivity index (χ1) is 8.51. The molecule has 0 bridgehead atoms. The molecule has 3 nitrogen and oxygen atoms in total. The molecule has 0 amide bonds. The van der Waals surface area contributed by atoms with Crippen molar-refractivity contribution >= 4 is 17.3 Å². The molecule has 0 aromatic heterocycles. The fraction of sp³-hybridized carbons (Fsp3) is 0.333. The molecule has 19 heavy (non-hydrogen) atoms. The Morgan fingerprint density at radius 2 is 1.74 bits per heavy atom. The summed E-state index contributed by atoms with van der Waals surface area (Å²) in [5.41, 5.74) is 5.30. The van der Waals surface area contributed by atoms with Crippen molar-refractivity contribution in [3.05, 3.63) is 23.2 Å². The van der Waals surface area contributed by atoms with Gasteiger partial charge in [0.05, 0.1) is 10.7 Å². The van der Waals surface area contributed by atoms with E-state index < -0.39 is 24.6 Å². The van der Waals surface area contributed by atoms with Gasteiger partial charge in [0.25, 0.3) is 0 Å². The fourth-order valence-electron chi connectivity index (χ4n) is 0.961. The van der Waals surface area contributed by atoms with E-state index in [0.717, 1.165) is 18.2 Å². The highest BCUT2D eigenvalue weighted by atomic mass is 35.5. The monoisotopic (exact) mass is 309 g/mol. The van der Waals surface area contributed by atoms with Crippen LogP contribution in [0.15, 0.2) is 18.2 Å². The first kappa shape index (κ1) is 15.7. The molecule has 1 atom stereocenters. The molecule has 1 aromatic carbocycles. The summed E-state index contributed by atoms with van der Waals surface area (Å²) in [5, 5.41) is -0.180. The van der Waals surface area contributed by atoms with Gasteiger partial charge in [0.2, 0.25) is 0 Å². The Balaban J connectivity index is 2.80. The SMILES string of the molecule is Nc1ccc(OC(F)(F)C(F)OC(F)(F)F)cc1Cl. The maximum Gasteiger partial charge on any atom is 0.525 e. The maximum atomic E-state index is 13.0. The van der Waals surface area contributed by atoms with Gasteiger partial charge in [-0.1, -0.05) is 11.6 Å². The summed E-state index contributed by atoms with van der Waals surface area (Å²) in [7, 11) is 0. The second-order valence-electron chi connectivity index (χ2n) is 3.23. The number of hydrogen-bond donors (Lipinski definition) is 1. The Bertz CT molecular complexity index is 453. The van der Waals surface area contributed by atoms with Gasteiger partial charge in [-0.05, 0) is 12.1 Å². The van der Waals surface area contributed by atoms with Crippen molar-refractivity contribution in [1.82, 2.24) is 0 Å². The van der Waals surface area contributed by atoms with Crippen LogP contribution in [0.2, 0.25) is 5.02 Å². The van der Waals surface area contributed by atoms with E-state index in [9.17, 15) is 26.3 Å². The molecule has 108 valence electrons. The number of nitrogens with two attached hydrogens (primary N) is 1. The lowest BCUT2D eigenvalue weighted by molar-refractivity contribution is -0.411. The summed E-state index contributed by atoms with van der Waals surface area (Å²) < 4.78 is 79.7. The van der Waals surface area contributed by atoms with Crippen molar-refractivity contribution < 1.29 is 35.8 Å². The molecule has 0 saturated heterocycles. The van der Waals surface area contributed by atoms with Crippen molar-refractivity contribution in [3.63, 3.8) is 0 Å². The standard InChI is InChI=1S/C9H6ClF6NO2/c10-5-3-4(1-2-6(5)17)18-8(12,13)7(11)19-9(14,15)16/h1-3,7H,17H2. The van der Waals surface area contributed by atoms with Crippen LogP contribution in [0.1, 0.15) is 0 Å². The van der Waals surface area contributed by atoms with Gasteiger partial charge < -0.3 is 10.5 Å². The number of nitrogen functional groups attached to an aromatic ring is 1. The molecule has 10 heteroatoms. The molecule has 0 heterocycles. The lowest BCUT2D eigenvalue weighted by Gasteiger charge is -2.22. The zero-order valence-electron chi connectivity index (χ0n) is 8.85. The number of ether oxygens (including phenoxy) is 2. The molecule has 0 spiro atoms. The number of hydrogen-bond acceptors (Lipinski definition) is 3. The topological polar surface area (TPSA) is 44.5 Å². The third kappa shape index (κ3) is 4.67. The molecule has 1 unspecified atom stereocenters. The predicted molar refractivity (Wildman–Crippen MR) is 53.5 cm³/mol. The third-order valence-electron chi connectivity index (χ3n) is 1.73. The summed E-state index contributed by atoms with van der Waals surface area (Å²) >= 11 is 5.47. The maximum absolute atomic E-state index is 13.0. The second kappa shape index (κ2) is 5.33. The molecule has 0 aliphatic carbocycles. The molecule has 0 radical (unpaired) electrons. The summed E-state index contributed by atoms with van der Waals surface area (Å²) in [6.45, 7) is 0. The second-order valence-corrected chi connectivity index (χ2v) is 3.63. The van der Waals surface area contributed by atoms with Crippen LogP contribution < -0.4 is 10.5 Å². The largest absolute Gasteiger partial charge is 0.525 e. The summed E-state index contributed by atoms with van der Waals surface area (Å²) in [6, 6.07) is 2.74. The van der Waals surface area contributed by atoms with Gasteiger partial charge in [0, 0.05) is 6.07 Å². The minimum Gasteiger partial charge on any atom is -0.428 e. The minimum absolute atomic E-state index is 0.0284. The number of anilines is 1. The molecule has 0 fully saturated rings. The van der Waals surface area contributed by atoms with Crippen LogP contribution in [-0.2, 0) is 4.74 Å². The van der Waals surface area contributed by atoms with E-state index in [4.69, 9.17) is 17.3 Å². The molecule has 0 aliphatic heterocycles. The molecule has 0 saturated carbocycles. The quantitative estimate of drug-likeness (QED) is 0.681. The predicted octanol–water partition coefficient (Wildman–Crippen LogP) is 3.73. The van der Waals surface area contributed by atoms with Crippen LogP contribution >= 0.6 is 11.6 Å². The summed E-state index contributed by atoms with van der Waals surface area (Å²) in [6.07, 6.45) is -14.4. The highest BCUT2D eigenvalue weighted by Crippen LogP contribution is 2.33. The average Bonchev–Trinajstić information content (AvgIpc) is 2.20. The average molecular weight is 310 g/mol. The zero-order chi connectivity index (χ0) is 14.8. The van der Waals surface area contributed by atoms with E-state index in [1.165, 1.54) is 0 Å². The Labute approximate surface area is 107 Å². The first-order valence-electron chi connectivity index (χ1n) is 4.52. The molecular weight excluding hydrogens is 304 g/mol. The van der Waals surface area contributed by atoms with Gasteiger partial charge in [0.1, 0.15) is 5.75 Å². The smallest absolute Gasteiger partial charge is 0.428 e. The first-order valence-corrected chi connectivity index (χ1v) is 4.89. The van der Waals surface area contributed by atoms with E-state index in [1.807, 2.05) is 0 Å². The van der Waals surface area contributed by atoms with E-state index in [-0.39, 0.29) is 10.7 Å².